The second-order valence-corrected chi connectivity index (χ2v) is 3.21. The Bertz CT molecular complexity index is 498. The summed E-state index contributed by atoms with van der Waals surface area (Å²) < 4.78 is 0. The predicted molar refractivity (Wildman–Crippen MR) is 59.8 cm³/mol. The van der Waals surface area contributed by atoms with E-state index in [1.54, 1.807) is 6.92 Å². The van der Waals surface area contributed by atoms with E-state index in [0.29, 0.717) is 5.56 Å². The Morgan fingerprint density at radius 2 is 2.29 bits per heavy atom. The highest BCUT2D eigenvalue weighted by atomic mass is 16.6. The van der Waals surface area contributed by atoms with Crippen LogP contribution in [0.5, 0.6) is 5.75 Å². The van der Waals surface area contributed by atoms with Crippen molar-refractivity contribution in [1.29, 1.82) is 0 Å². The largest absolute Gasteiger partial charge is 0.502 e. The number of phenolic OH excluding ortho intramolecular Hbond substituents is 1. The van der Waals surface area contributed by atoms with Crippen molar-refractivity contribution in [3.05, 3.63) is 33.4 Å². The number of rotatable bonds is 3. The van der Waals surface area contributed by atoms with Gasteiger partial charge in [0.15, 0.2) is 0 Å². The van der Waals surface area contributed by atoms with Gasteiger partial charge < -0.3 is 10.8 Å². The molecule has 1 aromatic rings. The first-order chi connectivity index (χ1) is 7.91. The van der Waals surface area contributed by atoms with Gasteiger partial charge in [0.1, 0.15) is 0 Å². The van der Waals surface area contributed by atoms with E-state index in [-0.39, 0.29) is 5.56 Å². The third-order valence-electron chi connectivity index (χ3n) is 1.84. The van der Waals surface area contributed by atoms with Gasteiger partial charge in [0.25, 0.3) is 0 Å². The Morgan fingerprint density at radius 1 is 1.65 bits per heavy atom. The molecule has 0 bridgehead atoms. The maximum absolute atomic E-state index is 10.6. The predicted octanol–water partition coefficient (Wildman–Crippen LogP) is 0.611. The second kappa shape index (κ2) is 4.92. The topological polar surface area (TPSA) is 131 Å². The number of aryl methyl sites for hydroxylation is 1. The summed E-state index contributed by atoms with van der Waals surface area (Å²) in [4.78, 5) is 20.3. The molecule has 8 nitrogen and oxygen atoms in total. The minimum atomic E-state index is -0.872. The third kappa shape index (κ3) is 3.16. The van der Waals surface area contributed by atoms with Crippen LogP contribution >= 0.6 is 0 Å². The van der Waals surface area contributed by atoms with Gasteiger partial charge in [-0.2, -0.15) is 5.10 Å². The van der Waals surface area contributed by atoms with E-state index in [4.69, 9.17) is 5.73 Å². The number of carbonyl (C=O) groups excluding carboxylic acids is 1. The van der Waals surface area contributed by atoms with Gasteiger partial charge in [-0.05, 0) is 18.6 Å². The van der Waals surface area contributed by atoms with E-state index in [1.165, 1.54) is 12.1 Å². The van der Waals surface area contributed by atoms with E-state index < -0.39 is 22.4 Å². The van der Waals surface area contributed by atoms with Gasteiger partial charge in [0, 0.05) is 11.6 Å². The summed E-state index contributed by atoms with van der Waals surface area (Å²) in [6.07, 6.45) is 1.07. The number of nitro groups is 1. The molecule has 0 radical (unpaired) electrons. The maximum Gasteiger partial charge on any atom is 0.332 e. The zero-order valence-corrected chi connectivity index (χ0v) is 8.88. The van der Waals surface area contributed by atoms with Crippen molar-refractivity contribution >= 4 is 17.9 Å². The van der Waals surface area contributed by atoms with Crippen LogP contribution in [-0.2, 0) is 0 Å². The fourth-order valence-electron chi connectivity index (χ4n) is 1.19. The minimum Gasteiger partial charge on any atom is -0.502 e. The highest BCUT2D eigenvalue weighted by molar-refractivity contribution is 5.87. The average molecular weight is 238 g/mol. The minimum absolute atomic E-state index is 0.116. The lowest BCUT2D eigenvalue weighted by molar-refractivity contribution is -0.385. The van der Waals surface area contributed by atoms with Crippen LogP contribution < -0.4 is 11.2 Å². The third-order valence-corrected chi connectivity index (χ3v) is 1.84. The molecular formula is C9H10N4O4. The fraction of sp³-hybridized carbons (Fsp3) is 0.111. The summed E-state index contributed by atoms with van der Waals surface area (Å²) >= 11 is 0. The van der Waals surface area contributed by atoms with Crippen LogP contribution in [0.15, 0.2) is 17.2 Å². The van der Waals surface area contributed by atoms with Gasteiger partial charge in [0.2, 0.25) is 5.75 Å². The SMILES string of the molecule is Cc1cc(C=NNC(N)=O)c(O)c([N+](=O)[O-])c1. The van der Waals surface area contributed by atoms with Crippen LogP contribution in [0, 0.1) is 17.0 Å². The lowest BCUT2D eigenvalue weighted by Crippen LogP contribution is -2.24. The monoisotopic (exact) mass is 238 g/mol. The van der Waals surface area contributed by atoms with Crippen molar-refractivity contribution in [3.63, 3.8) is 0 Å². The van der Waals surface area contributed by atoms with Crippen LogP contribution in [0.25, 0.3) is 0 Å². The van der Waals surface area contributed by atoms with Gasteiger partial charge >= 0.3 is 11.7 Å². The van der Waals surface area contributed by atoms with Crippen molar-refractivity contribution in [3.8, 4) is 5.75 Å². The van der Waals surface area contributed by atoms with Gasteiger partial charge in [-0.3, -0.25) is 10.1 Å². The molecule has 1 rings (SSSR count). The molecule has 0 aliphatic carbocycles. The number of hydrazone groups is 1. The molecule has 0 fully saturated rings. The summed E-state index contributed by atoms with van der Waals surface area (Å²) in [5.74, 6) is -0.518. The molecule has 2 amide bonds. The number of nitrogens with zero attached hydrogens (tertiary/aromatic N) is 2. The number of hydrogen-bond acceptors (Lipinski definition) is 5. The molecule has 90 valence electrons. The normalized spacial score (nSPS) is 10.4. The zero-order chi connectivity index (χ0) is 13.0. The zero-order valence-electron chi connectivity index (χ0n) is 8.88. The van der Waals surface area contributed by atoms with E-state index >= 15 is 0 Å². The van der Waals surface area contributed by atoms with Crippen LogP contribution in [0.3, 0.4) is 0 Å². The van der Waals surface area contributed by atoms with Crippen molar-refractivity contribution in [2.75, 3.05) is 0 Å². The standard InChI is InChI=1S/C9H10N4O4/c1-5-2-6(4-11-12-9(10)15)8(14)7(3-5)13(16)17/h2-4,14H,1H3,(H3,10,12,15). The molecule has 17 heavy (non-hydrogen) atoms. The Balaban J connectivity index is 3.11. The number of carbonyl (C=O) groups is 1. The molecule has 0 unspecified atom stereocenters. The number of urea groups is 1. The van der Waals surface area contributed by atoms with Crippen LogP contribution in [-0.4, -0.2) is 22.3 Å². The maximum atomic E-state index is 10.6. The van der Waals surface area contributed by atoms with Crippen molar-refractivity contribution in [2.24, 2.45) is 10.8 Å². The highest BCUT2D eigenvalue weighted by Crippen LogP contribution is 2.29. The molecular weight excluding hydrogens is 228 g/mol. The van der Waals surface area contributed by atoms with E-state index in [9.17, 15) is 20.0 Å². The Kier molecular flexibility index (Phi) is 3.60. The Hall–Kier alpha value is -2.64. The molecule has 0 saturated carbocycles. The second-order valence-electron chi connectivity index (χ2n) is 3.21. The number of amides is 2. The van der Waals surface area contributed by atoms with Gasteiger partial charge in [-0.1, -0.05) is 0 Å². The number of aromatic hydroxyl groups is 1. The fourth-order valence-corrected chi connectivity index (χ4v) is 1.19. The summed E-state index contributed by atoms with van der Waals surface area (Å²) in [6.45, 7) is 1.63. The first-order valence-electron chi connectivity index (χ1n) is 4.48. The number of primary amides is 1. The number of nitrogens with two attached hydrogens (primary N) is 1. The van der Waals surface area contributed by atoms with Crippen molar-refractivity contribution < 1.29 is 14.8 Å². The molecule has 0 aromatic heterocycles. The van der Waals surface area contributed by atoms with E-state index in [0.717, 1.165) is 6.21 Å². The number of nitrogens with one attached hydrogen (secondary N) is 1. The molecule has 8 heteroatoms. The van der Waals surface area contributed by atoms with Crippen molar-refractivity contribution in [2.45, 2.75) is 6.92 Å². The molecule has 0 atom stereocenters. The van der Waals surface area contributed by atoms with Gasteiger partial charge in [-0.15, -0.1) is 0 Å². The lowest BCUT2D eigenvalue weighted by Gasteiger charge is -2.02. The molecule has 0 aliphatic rings. The van der Waals surface area contributed by atoms with Crippen LogP contribution in [0.4, 0.5) is 10.5 Å². The summed E-state index contributed by atoms with van der Waals surface area (Å²) in [7, 11) is 0. The molecule has 0 aliphatic heterocycles. The Morgan fingerprint density at radius 3 is 2.82 bits per heavy atom. The van der Waals surface area contributed by atoms with E-state index in [2.05, 4.69) is 5.10 Å². The number of phenols is 1. The molecule has 0 heterocycles. The number of nitro benzene ring substituents is 1. The molecule has 4 N–H and O–H groups in total. The summed E-state index contributed by atoms with van der Waals surface area (Å²) in [5, 5.41) is 23.6. The quantitative estimate of drug-likeness (QED) is 0.404. The Labute approximate surface area is 95.9 Å². The highest BCUT2D eigenvalue weighted by Gasteiger charge is 2.16. The van der Waals surface area contributed by atoms with Crippen LogP contribution in [0.1, 0.15) is 11.1 Å². The first kappa shape index (κ1) is 12.4. The summed E-state index contributed by atoms with van der Waals surface area (Å²) in [5.41, 5.74) is 6.95. The molecule has 0 saturated heterocycles. The van der Waals surface area contributed by atoms with Gasteiger partial charge in [-0.25, -0.2) is 10.2 Å². The van der Waals surface area contributed by atoms with Gasteiger partial charge in [0.05, 0.1) is 11.1 Å². The summed E-state index contributed by atoms with van der Waals surface area (Å²) in [6, 6.07) is 1.84. The first-order valence-corrected chi connectivity index (χ1v) is 4.48. The molecule has 0 spiro atoms. The number of benzene rings is 1. The average Bonchev–Trinajstić information content (AvgIpc) is 2.21. The molecule has 1 aromatic carbocycles. The lowest BCUT2D eigenvalue weighted by atomic mass is 10.1. The van der Waals surface area contributed by atoms with E-state index in [1.807, 2.05) is 5.43 Å². The smallest absolute Gasteiger partial charge is 0.332 e. The van der Waals surface area contributed by atoms with Crippen LogP contribution in [0.2, 0.25) is 0 Å². The van der Waals surface area contributed by atoms with Crippen molar-refractivity contribution in [1.82, 2.24) is 5.43 Å². The number of hydrogen-bond donors (Lipinski definition) is 3.